The third-order valence-corrected chi connectivity index (χ3v) is 3.80. The molecule has 0 bridgehead atoms. The average molecular weight is 343 g/mol. The molecule has 1 amide bonds. The molecule has 0 aliphatic heterocycles. The van der Waals surface area contributed by atoms with Crippen molar-refractivity contribution in [1.29, 1.82) is 5.26 Å². The van der Waals surface area contributed by atoms with Crippen LogP contribution in [-0.2, 0) is 0 Å². The lowest BCUT2D eigenvalue weighted by molar-refractivity contribution is 0.102. The quantitative estimate of drug-likeness (QED) is 0.748. The summed E-state index contributed by atoms with van der Waals surface area (Å²) in [6, 6.07) is 16.4. The molecule has 0 radical (unpaired) electrons. The number of nitrogens with zero attached hydrogens (tertiary/aromatic N) is 3. The fourth-order valence-corrected chi connectivity index (χ4v) is 2.36. The van der Waals surface area contributed by atoms with E-state index in [9.17, 15) is 4.79 Å². The number of nitriles is 1. The van der Waals surface area contributed by atoms with Crippen molar-refractivity contribution in [2.75, 3.05) is 10.6 Å². The van der Waals surface area contributed by atoms with Crippen LogP contribution >= 0.6 is 0 Å². The molecule has 26 heavy (non-hydrogen) atoms. The van der Waals surface area contributed by atoms with Gasteiger partial charge in [-0.3, -0.25) is 4.79 Å². The Kier molecular flexibility index (Phi) is 4.90. The molecule has 1 heterocycles. The summed E-state index contributed by atoms with van der Waals surface area (Å²) in [6.07, 6.45) is 1.52. The first kappa shape index (κ1) is 17.1. The summed E-state index contributed by atoms with van der Waals surface area (Å²) in [7, 11) is 0. The minimum Gasteiger partial charge on any atom is -0.324 e. The fourth-order valence-electron chi connectivity index (χ4n) is 2.36. The summed E-state index contributed by atoms with van der Waals surface area (Å²) in [5.74, 6) is 0.00676. The van der Waals surface area contributed by atoms with Crippen molar-refractivity contribution >= 4 is 23.2 Å². The molecule has 0 saturated carbocycles. The third-order valence-electron chi connectivity index (χ3n) is 3.80. The van der Waals surface area contributed by atoms with Crippen LogP contribution in [0.1, 0.15) is 27.2 Å². The maximum atomic E-state index is 12.5. The number of nitrogens with one attached hydrogen (secondary N) is 2. The molecule has 1 aromatic heterocycles. The maximum absolute atomic E-state index is 12.5. The molecule has 6 nitrogen and oxygen atoms in total. The van der Waals surface area contributed by atoms with Gasteiger partial charge in [-0.2, -0.15) is 5.26 Å². The van der Waals surface area contributed by atoms with E-state index in [2.05, 4.69) is 26.7 Å². The summed E-state index contributed by atoms with van der Waals surface area (Å²) >= 11 is 0. The average Bonchev–Trinajstić information content (AvgIpc) is 2.65. The molecule has 0 atom stereocenters. The van der Waals surface area contributed by atoms with Crippen molar-refractivity contribution in [2.45, 2.75) is 13.8 Å². The minimum atomic E-state index is -0.302. The zero-order chi connectivity index (χ0) is 18.5. The zero-order valence-corrected chi connectivity index (χ0v) is 14.4. The summed E-state index contributed by atoms with van der Waals surface area (Å²) in [5.41, 5.74) is 4.37. The number of aromatic nitrogens is 2. The molecule has 0 unspecified atom stereocenters. The summed E-state index contributed by atoms with van der Waals surface area (Å²) in [4.78, 5) is 20.9. The zero-order valence-electron chi connectivity index (χ0n) is 14.4. The second-order valence-electron chi connectivity index (χ2n) is 5.85. The monoisotopic (exact) mass is 343 g/mol. The molecule has 0 saturated heterocycles. The molecular formula is C20H17N5O. The lowest BCUT2D eigenvalue weighted by Gasteiger charge is -2.10. The van der Waals surface area contributed by atoms with Gasteiger partial charge in [-0.25, -0.2) is 9.97 Å². The first-order chi connectivity index (χ1) is 12.5. The molecule has 2 N–H and O–H groups in total. The van der Waals surface area contributed by atoms with Crippen molar-refractivity contribution in [1.82, 2.24) is 9.97 Å². The number of amides is 1. The van der Waals surface area contributed by atoms with E-state index in [1.165, 1.54) is 6.20 Å². The van der Waals surface area contributed by atoms with E-state index in [1.807, 2.05) is 32.0 Å². The van der Waals surface area contributed by atoms with Crippen LogP contribution in [-0.4, -0.2) is 15.9 Å². The standard InChI is InChI=1S/C20H17N5O/c1-13-3-4-14(2)18(11-13)24-19(26)17-9-10-22-20(25-17)23-16-7-5-15(12-21)6-8-16/h3-11H,1-2H3,(H,24,26)(H,22,23,25). The number of hydrogen-bond donors (Lipinski definition) is 2. The van der Waals surface area contributed by atoms with Gasteiger partial charge in [0.2, 0.25) is 5.95 Å². The number of aryl methyl sites for hydroxylation is 2. The molecule has 3 aromatic rings. The summed E-state index contributed by atoms with van der Waals surface area (Å²) < 4.78 is 0. The van der Waals surface area contributed by atoms with Crippen molar-refractivity contribution in [3.8, 4) is 6.07 Å². The fraction of sp³-hybridized carbons (Fsp3) is 0.100. The van der Waals surface area contributed by atoms with E-state index in [0.29, 0.717) is 11.5 Å². The van der Waals surface area contributed by atoms with Crippen molar-refractivity contribution < 1.29 is 4.79 Å². The van der Waals surface area contributed by atoms with Crippen LogP contribution < -0.4 is 10.6 Å². The van der Waals surface area contributed by atoms with Crippen LogP contribution in [0.2, 0.25) is 0 Å². The summed E-state index contributed by atoms with van der Waals surface area (Å²) in [5, 5.41) is 14.7. The Hall–Kier alpha value is -3.72. The molecule has 0 fully saturated rings. The van der Waals surface area contributed by atoms with Crippen LogP contribution in [0, 0.1) is 25.2 Å². The Bertz CT molecular complexity index is 990. The van der Waals surface area contributed by atoms with Gasteiger partial charge >= 0.3 is 0 Å². The van der Waals surface area contributed by atoms with E-state index in [0.717, 1.165) is 22.5 Å². The Labute approximate surface area is 151 Å². The number of carbonyl (C=O) groups excluding carboxylic acids is 1. The van der Waals surface area contributed by atoms with Crippen molar-refractivity contribution in [3.63, 3.8) is 0 Å². The highest BCUT2D eigenvalue weighted by Gasteiger charge is 2.11. The molecule has 0 aliphatic rings. The van der Waals surface area contributed by atoms with Crippen LogP contribution in [0.3, 0.4) is 0 Å². The van der Waals surface area contributed by atoms with Gasteiger partial charge in [0.1, 0.15) is 5.69 Å². The molecule has 2 aromatic carbocycles. The highest BCUT2D eigenvalue weighted by molar-refractivity contribution is 6.03. The van der Waals surface area contributed by atoms with E-state index in [4.69, 9.17) is 5.26 Å². The Balaban J connectivity index is 1.76. The number of rotatable bonds is 4. The topological polar surface area (TPSA) is 90.7 Å². The predicted octanol–water partition coefficient (Wildman–Crippen LogP) is 3.96. The van der Waals surface area contributed by atoms with Crippen molar-refractivity contribution in [2.24, 2.45) is 0 Å². The van der Waals surface area contributed by atoms with Gasteiger partial charge in [-0.1, -0.05) is 12.1 Å². The van der Waals surface area contributed by atoms with Crippen LogP contribution in [0.4, 0.5) is 17.3 Å². The number of anilines is 3. The molecule has 6 heteroatoms. The molecular weight excluding hydrogens is 326 g/mol. The Morgan fingerprint density at radius 3 is 2.58 bits per heavy atom. The molecule has 3 rings (SSSR count). The van der Waals surface area contributed by atoms with Gasteiger partial charge in [0.05, 0.1) is 11.6 Å². The van der Waals surface area contributed by atoms with E-state index in [1.54, 1.807) is 30.3 Å². The summed E-state index contributed by atoms with van der Waals surface area (Å²) in [6.45, 7) is 3.91. The van der Waals surface area contributed by atoms with Gasteiger partial charge in [-0.15, -0.1) is 0 Å². The highest BCUT2D eigenvalue weighted by atomic mass is 16.1. The maximum Gasteiger partial charge on any atom is 0.274 e. The van der Waals surface area contributed by atoms with E-state index >= 15 is 0 Å². The van der Waals surface area contributed by atoms with Crippen LogP contribution in [0.25, 0.3) is 0 Å². The first-order valence-corrected chi connectivity index (χ1v) is 8.04. The number of benzene rings is 2. The largest absolute Gasteiger partial charge is 0.324 e. The van der Waals surface area contributed by atoms with Crippen molar-refractivity contribution in [3.05, 3.63) is 77.1 Å². The smallest absolute Gasteiger partial charge is 0.274 e. The second kappa shape index (κ2) is 7.45. The van der Waals surface area contributed by atoms with Gasteiger partial charge < -0.3 is 10.6 Å². The van der Waals surface area contributed by atoms with Crippen LogP contribution in [0.15, 0.2) is 54.7 Å². The van der Waals surface area contributed by atoms with Gasteiger partial charge in [0, 0.05) is 17.6 Å². The molecule has 0 aliphatic carbocycles. The normalized spacial score (nSPS) is 10.0. The van der Waals surface area contributed by atoms with E-state index < -0.39 is 0 Å². The highest BCUT2D eigenvalue weighted by Crippen LogP contribution is 2.18. The predicted molar refractivity (Wildman–Crippen MR) is 100 cm³/mol. The second-order valence-corrected chi connectivity index (χ2v) is 5.85. The lowest BCUT2D eigenvalue weighted by atomic mass is 10.1. The Morgan fingerprint density at radius 2 is 1.85 bits per heavy atom. The van der Waals surface area contributed by atoms with E-state index in [-0.39, 0.29) is 11.6 Å². The SMILES string of the molecule is Cc1ccc(C)c(NC(=O)c2ccnc(Nc3ccc(C#N)cc3)n2)c1. The molecule has 128 valence electrons. The third kappa shape index (κ3) is 4.02. The van der Waals surface area contributed by atoms with Gasteiger partial charge in [0.15, 0.2) is 0 Å². The van der Waals surface area contributed by atoms with Gasteiger partial charge in [0.25, 0.3) is 5.91 Å². The molecule has 0 spiro atoms. The first-order valence-electron chi connectivity index (χ1n) is 8.04. The lowest BCUT2D eigenvalue weighted by Crippen LogP contribution is -2.15. The van der Waals surface area contributed by atoms with Gasteiger partial charge in [-0.05, 0) is 61.4 Å². The number of hydrogen-bond acceptors (Lipinski definition) is 5. The minimum absolute atomic E-state index is 0.261. The number of carbonyl (C=O) groups is 1. The van der Waals surface area contributed by atoms with Crippen LogP contribution in [0.5, 0.6) is 0 Å². The Morgan fingerprint density at radius 1 is 1.08 bits per heavy atom.